The first-order valence-corrected chi connectivity index (χ1v) is 4.14. The van der Waals surface area contributed by atoms with Gasteiger partial charge in [0.25, 0.3) is 0 Å². The maximum atomic E-state index is 10.8. The Morgan fingerprint density at radius 2 is 2.36 bits per heavy atom. The molecular formula is C9H13N3O2. The lowest BCUT2D eigenvalue weighted by Crippen LogP contribution is -2.46. The van der Waals surface area contributed by atoms with Crippen LogP contribution in [-0.2, 0) is 11.2 Å². The van der Waals surface area contributed by atoms with Crippen LogP contribution < -0.4 is 11.5 Å². The molecule has 1 unspecified atom stereocenters. The zero-order valence-electron chi connectivity index (χ0n) is 7.90. The molecule has 76 valence electrons. The van der Waals surface area contributed by atoms with E-state index in [0.717, 1.165) is 0 Å². The minimum Gasteiger partial charge on any atom is -0.480 e. The fraction of sp³-hybridized carbons (Fsp3) is 0.333. The number of pyridine rings is 1. The summed E-state index contributed by atoms with van der Waals surface area (Å²) < 4.78 is 0. The van der Waals surface area contributed by atoms with E-state index in [4.69, 9.17) is 16.6 Å². The van der Waals surface area contributed by atoms with Crippen LogP contribution in [0.15, 0.2) is 18.5 Å². The fourth-order valence-corrected chi connectivity index (χ4v) is 1.07. The van der Waals surface area contributed by atoms with Crippen molar-refractivity contribution in [2.75, 3.05) is 5.73 Å². The van der Waals surface area contributed by atoms with E-state index in [2.05, 4.69) is 4.98 Å². The summed E-state index contributed by atoms with van der Waals surface area (Å²) in [6.07, 6.45) is 3.23. The third-order valence-electron chi connectivity index (χ3n) is 1.99. The highest BCUT2D eigenvalue weighted by molar-refractivity contribution is 5.78. The van der Waals surface area contributed by atoms with Crippen molar-refractivity contribution in [1.82, 2.24) is 4.98 Å². The molecule has 0 bridgehead atoms. The molecule has 0 aromatic carbocycles. The van der Waals surface area contributed by atoms with Crippen LogP contribution in [0.1, 0.15) is 12.5 Å². The minimum absolute atomic E-state index is 0.191. The van der Waals surface area contributed by atoms with Crippen LogP contribution in [-0.4, -0.2) is 21.6 Å². The number of carboxylic acids is 1. The molecule has 1 rings (SSSR count). The van der Waals surface area contributed by atoms with Crippen LogP contribution >= 0.6 is 0 Å². The lowest BCUT2D eigenvalue weighted by atomic mass is 9.94. The molecular weight excluding hydrogens is 182 g/mol. The molecule has 0 spiro atoms. The monoisotopic (exact) mass is 195 g/mol. The van der Waals surface area contributed by atoms with Crippen molar-refractivity contribution < 1.29 is 9.90 Å². The highest BCUT2D eigenvalue weighted by Gasteiger charge is 2.28. The molecule has 5 N–H and O–H groups in total. The standard InChI is InChI=1S/C9H13N3O2/c1-9(11,8(13)14)4-6-2-3-12-5-7(6)10/h2-3,5H,4,10-11H2,1H3,(H,13,14). The Labute approximate surface area is 81.7 Å². The maximum Gasteiger partial charge on any atom is 0.323 e. The van der Waals surface area contributed by atoms with Crippen molar-refractivity contribution in [3.8, 4) is 0 Å². The summed E-state index contributed by atoms with van der Waals surface area (Å²) in [6, 6.07) is 1.67. The summed E-state index contributed by atoms with van der Waals surface area (Å²) in [5.74, 6) is -1.05. The second kappa shape index (κ2) is 3.63. The molecule has 0 fully saturated rings. The molecule has 0 aliphatic rings. The Hall–Kier alpha value is -1.62. The summed E-state index contributed by atoms with van der Waals surface area (Å²) in [5.41, 5.74) is 11.1. The van der Waals surface area contributed by atoms with Crippen LogP contribution in [0.4, 0.5) is 5.69 Å². The van der Waals surface area contributed by atoms with Gasteiger partial charge in [-0.25, -0.2) is 0 Å². The normalized spacial score (nSPS) is 14.7. The topological polar surface area (TPSA) is 102 Å². The Kier molecular flexibility index (Phi) is 2.71. The van der Waals surface area contributed by atoms with E-state index in [1.165, 1.54) is 13.1 Å². The zero-order valence-corrected chi connectivity index (χ0v) is 7.90. The van der Waals surface area contributed by atoms with E-state index < -0.39 is 11.5 Å². The van der Waals surface area contributed by atoms with Gasteiger partial charge in [-0.3, -0.25) is 9.78 Å². The van der Waals surface area contributed by atoms with Gasteiger partial charge < -0.3 is 16.6 Å². The first kappa shape index (κ1) is 10.5. The molecule has 0 amide bonds. The van der Waals surface area contributed by atoms with E-state index in [-0.39, 0.29) is 6.42 Å². The summed E-state index contributed by atoms with van der Waals surface area (Å²) in [6.45, 7) is 1.45. The SMILES string of the molecule is CC(N)(Cc1ccncc1N)C(=O)O. The average molecular weight is 195 g/mol. The number of aliphatic carboxylic acids is 1. The van der Waals surface area contributed by atoms with Crippen molar-refractivity contribution in [1.29, 1.82) is 0 Å². The molecule has 5 nitrogen and oxygen atoms in total. The zero-order chi connectivity index (χ0) is 10.8. The van der Waals surface area contributed by atoms with Gasteiger partial charge in [-0.2, -0.15) is 0 Å². The number of nitrogens with two attached hydrogens (primary N) is 2. The van der Waals surface area contributed by atoms with Crippen LogP contribution in [0.25, 0.3) is 0 Å². The van der Waals surface area contributed by atoms with Crippen LogP contribution in [0.5, 0.6) is 0 Å². The van der Waals surface area contributed by atoms with Crippen molar-refractivity contribution in [2.24, 2.45) is 5.73 Å². The van der Waals surface area contributed by atoms with Gasteiger partial charge in [0, 0.05) is 12.6 Å². The molecule has 5 heteroatoms. The van der Waals surface area contributed by atoms with Crippen molar-refractivity contribution in [2.45, 2.75) is 18.9 Å². The number of hydrogen-bond donors (Lipinski definition) is 3. The lowest BCUT2D eigenvalue weighted by Gasteiger charge is -2.19. The van der Waals surface area contributed by atoms with E-state index >= 15 is 0 Å². The van der Waals surface area contributed by atoms with Gasteiger partial charge in [0.05, 0.1) is 11.9 Å². The second-order valence-corrected chi connectivity index (χ2v) is 3.47. The largest absolute Gasteiger partial charge is 0.480 e. The molecule has 1 aromatic heterocycles. The van der Waals surface area contributed by atoms with Gasteiger partial charge in [0.1, 0.15) is 5.54 Å². The van der Waals surface area contributed by atoms with Gasteiger partial charge in [0.15, 0.2) is 0 Å². The molecule has 1 aromatic rings. The molecule has 1 atom stereocenters. The van der Waals surface area contributed by atoms with Gasteiger partial charge in [0.2, 0.25) is 0 Å². The van der Waals surface area contributed by atoms with Crippen molar-refractivity contribution >= 4 is 11.7 Å². The molecule has 1 heterocycles. The fourth-order valence-electron chi connectivity index (χ4n) is 1.07. The number of hydrogen-bond acceptors (Lipinski definition) is 4. The maximum absolute atomic E-state index is 10.8. The van der Waals surface area contributed by atoms with E-state index in [1.807, 2.05) is 0 Å². The summed E-state index contributed by atoms with van der Waals surface area (Å²) in [7, 11) is 0. The Morgan fingerprint density at radius 3 is 2.86 bits per heavy atom. The first-order chi connectivity index (χ1) is 6.43. The molecule has 0 aliphatic carbocycles. The number of carbonyl (C=O) groups is 1. The van der Waals surface area contributed by atoms with Crippen molar-refractivity contribution in [3.05, 3.63) is 24.0 Å². The number of nitrogens with zero attached hydrogens (tertiary/aromatic N) is 1. The number of aromatic nitrogens is 1. The van der Waals surface area contributed by atoms with E-state index in [9.17, 15) is 4.79 Å². The quantitative estimate of drug-likeness (QED) is 0.630. The van der Waals surface area contributed by atoms with Gasteiger partial charge >= 0.3 is 5.97 Å². The minimum atomic E-state index is -1.30. The van der Waals surface area contributed by atoms with Crippen LogP contribution in [0.3, 0.4) is 0 Å². The number of carboxylic acid groups (broad SMARTS) is 1. The Morgan fingerprint density at radius 1 is 1.71 bits per heavy atom. The number of nitrogen functional groups attached to an aromatic ring is 1. The van der Waals surface area contributed by atoms with Gasteiger partial charge in [-0.1, -0.05) is 0 Å². The molecule has 0 radical (unpaired) electrons. The first-order valence-electron chi connectivity index (χ1n) is 4.14. The summed E-state index contributed by atoms with van der Waals surface area (Å²) in [4.78, 5) is 14.6. The highest BCUT2D eigenvalue weighted by Crippen LogP contribution is 2.15. The third-order valence-corrected chi connectivity index (χ3v) is 1.99. The lowest BCUT2D eigenvalue weighted by molar-refractivity contribution is -0.142. The Balaban J connectivity index is 2.89. The van der Waals surface area contributed by atoms with Gasteiger partial charge in [-0.05, 0) is 18.6 Å². The van der Waals surface area contributed by atoms with Crippen molar-refractivity contribution in [3.63, 3.8) is 0 Å². The van der Waals surface area contributed by atoms with E-state index in [0.29, 0.717) is 11.3 Å². The molecule has 0 saturated heterocycles. The number of anilines is 1. The van der Waals surface area contributed by atoms with Crippen LogP contribution in [0.2, 0.25) is 0 Å². The predicted octanol–water partition coefficient (Wildman–Crippen LogP) is 0.00830. The molecule has 14 heavy (non-hydrogen) atoms. The number of rotatable bonds is 3. The van der Waals surface area contributed by atoms with Gasteiger partial charge in [-0.15, -0.1) is 0 Å². The van der Waals surface area contributed by atoms with Crippen LogP contribution in [0, 0.1) is 0 Å². The predicted molar refractivity (Wildman–Crippen MR) is 52.6 cm³/mol. The molecule has 0 saturated carbocycles. The third kappa shape index (κ3) is 2.20. The highest BCUT2D eigenvalue weighted by atomic mass is 16.4. The smallest absolute Gasteiger partial charge is 0.323 e. The summed E-state index contributed by atoms with van der Waals surface area (Å²) in [5, 5.41) is 8.81. The second-order valence-electron chi connectivity index (χ2n) is 3.47. The Bertz CT molecular complexity index is 350. The van der Waals surface area contributed by atoms with E-state index in [1.54, 1.807) is 12.3 Å². The molecule has 0 aliphatic heterocycles. The average Bonchev–Trinajstić information content (AvgIpc) is 2.08. The summed E-state index contributed by atoms with van der Waals surface area (Å²) >= 11 is 0.